The third kappa shape index (κ3) is 2.19. The molecular weight excluding hydrogens is 206 g/mol. The van der Waals surface area contributed by atoms with Gasteiger partial charge >= 0.3 is 5.69 Å². The maximum absolute atomic E-state index is 11.4. The summed E-state index contributed by atoms with van der Waals surface area (Å²) in [4.78, 5) is 15.1. The van der Waals surface area contributed by atoms with Gasteiger partial charge in [-0.1, -0.05) is 6.92 Å². The Kier molecular flexibility index (Phi) is 2.88. The van der Waals surface area contributed by atoms with Crippen molar-refractivity contribution >= 4 is 0 Å². The second-order valence-corrected chi connectivity index (χ2v) is 5.07. The molecule has 0 saturated heterocycles. The van der Waals surface area contributed by atoms with Crippen LogP contribution in [0.25, 0.3) is 0 Å². The Morgan fingerprint density at radius 3 is 2.69 bits per heavy atom. The SMILES string of the molecule is CC1CCC(O)(Cn2c(=O)ncn2C)CC1. The molecule has 1 fully saturated rings. The molecule has 0 spiro atoms. The largest absolute Gasteiger partial charge is 0.388 e. The lowest BCUT2D eigenvalue weighted by Gasteiger charge is -2.35. The number of nitrogens with zero attached hydrogens (tertiary/aromatic N) is 3. The Labute approximate surface area is 94.7 Å². The zero-order chi connectivity index (χ0) is 11.8. The van der Waals surface area contributed by atoms with Crippen LogP contribution in [0.15, 0.2) is 11.1 Å². The van der Waals surface area contributed by atoms with Crippen LogP contribution in [0.5, 0.6) is 0 Å². The lowest BCUT2D eigenvalue weighted by atomic mass is 9.79. The van der Waals surface area contributed by atoms with Crippen molar-refractivity contribution in [3.05, 3.63) is 16.8 Å². The van der Waals surface area contributed by atoms with Crippen LogP contribution in [0.2, 0.25) is 0 Å². The number of hydrogen-bond donors (Lipinski definition) is 1. The minimum absolute atomic E-state index is 0.283. The van der Waals surface area contributed by atoms with Crippen LogP contribution in [0.4, 0.5) is 0 Å². The van der Waals surface area contributed by atoms with Crippen molar-refractivity contribution in [2.45, 2.75) is 44.8 Å². The van der Waals surface area contributed by atoms with Crippen LogP contribution < -0.4 is 5.69 Å². The summed E-state index contributed by atoms with van der Waals surface area (Å²) in [5, 5.41) is 10.4. The van der Waals surface area contributed by atoms with Crippen LogP contribution in [-0.4, -0.2) is 25.1 Å². The highest BCUT2D eigenvalue weighted by molar-refractivity contribution is 4.85. The summed E-state index contributed by atoms with van der Waals surface area (Å²) in [5.41, 5.74) is -1.01. The molecule has 0 radical (unpaired) electrons. The quantitative estimate of drug-likeness (QED) is 0.798. The van der Waals surface area contributed by atoms with E-state index in [2.05, 4.69) is 11.9 Å². The molecule has 0 aromatic carbocycles. The Morgan fingerprint density at radius 2 is 2.19 bits per heavy atom. The fourth-order valence-electron chi connectivity index (χ4n) is 2.31. The molecule has 0 atom stereocenters. The minimum Gasteiger partial charge on any atom is -0.388 e. The van der Waals surface area contributed by atoms with E-state index in [0.717, 1.165) is 25.7 Å². The molecule has 1 N–H and O–H groups in total. The highest BCUT2D eigenvalue weighted by atomic mass is 16.3. The van der Waals surface area contributed by atoms with Crippen molar-refractivity contribution in [1.82, 2.24) is 14.3 Å². The van der Waals surface area contributed by atoms with Crippen molar-refractivity contribution in [2.75, 3.05) is 0 Å². The highest BCUT2D eigenvalue weighted by Crippen LogP contribution is 2.32. The first-order chi connectivity index (χ1) is 7.50. The first kappa shape index (κ1) is 11.4. The molecule has 90 valence electrons. The van der Waals surface area contributed by atoms with Crippen LogP contribution in [-0.2, 0) is 13.6 Å². The molecule has 5 heteroatoms. The fraction of sp³-hybridized carbons (Fsp3) is 0.818. The van der Waals surface area contributed by atoms with Gasteiger partial charge in [-0.15, -0.1) is 0 Å². The zero-order valence-electron chi connectivity index (χ0n) is 9.89. The Morgan fingerprint density at radius 1 is 1.56 bits per heavy atom. The molecule has 0 amide bonds. The molecule has 1 aliphatic carbocycles. The second-order valence-electron chi connectivity index (χ2n) is 5.07. The third-order valence-electron chi connectivity index (χ3n) is 3.59. The summed E-state index contributed by atoms with van der Waals surface area (Å²) in [5.74, 6) is 0.684. The van der Waals surface area contributed by atoms with Gasteiger partial charge in [-0.3, -0.25) is 4.68 Å². The maximum atomic E-state index is 11.4. The van der Waals surface area contributed by atoms with Crippen molar-refractivity contribution in [1.29, 1.82) is 0 Å². The van der Waals surface area contributed by atoms with Gasteiger partial charge in [0.15, 0.2) is 0 Å². The fourth-order valence-corrected chi connectivity index (χ4v) is 2.31. The summed E-state index contributed by atoms with van der Waals surface area (Å²) in [6.45, 7) is 2.56. The first-order valence-corrected chi connectivity index (χ1v) is 5.81. The van der Waals surface area contributed by atoms with Gasteiger partial charge in [-0.05, 0) is 31.6 Å². The second kappa shape index (κ2) is 4.05. The molecule has 1 heterocycles. The molecule has 5 nitrogen and oxygen atoms in total. The molecule has 1 aromatic heterocycles. The molecule has 0 unspecified atom stereocenters. The molecule has 2 rings (SSSR count). The molecule has 0 bridgehead atoms. The number of aryl methyl sites for hydroxylation is 1. The molecule has 1 saturated carbocycles. The van der Waals surface area contributed by atoms with Gasteiger partial charge in [0.25, 0.3) is 0 Å². The van der Waals surface area contributed by atoms with Gasteiger partial charge in [0.05, 0.1) is 12.1 Å². The first-order valence-electron chi connectivity index (χ1n) is 5.81. The van der Waals surface area contributed by atoms with E-state index in [9.17, 15) is 9.90 Å². The number of aromatic nitrogens is 3. The van der Waals surface area contributed by atoms with E-state index < -0.39 is 5.60 Å². The predicted molar refractivity (Wildman–Crippen MR) is 60.0 cm³/mol. The zero-order valence-corrected chi connectivity index (χ0v) is 9.89. The molecule has 0 aliphatic heterocycles. The van der Waals surface area contributed by atoms with Gasteiger partial charge in [-0.2, -0.15) is 4.98 Å². The summed E-state index contributed by atoms with van der Waals surface area (Å²) >= 11 is 0. The molecule has 16 heavy (non-hydrogen) atoms. The van der Waals surface area contributed by atoms with E-state index in [1.54, 1.807) is 11.7 Å². The van der Waals surface area contributed by atoms with Crippen LogP contribution >= 0.6 is 0 Å². The van der Waals surface area contributed by atoms with Crippen molar-refractivity contribution in [2.24, 2.45) is 13.0 Å². The van der Waals surface area contributed by atoms with E-state index in [4.69, 9.17) is 0 Å². The van der Waals surface area contributed by atoms with Gasteiger partial charge in [0.2, 0.25) is 0 Å². The average molecular weight is 225 g/mol. The summed E-state index contributed by atoms with van der Waals surface area (Å²) in [6.07, 6.45) is 5.08. The van der Waals surface area contributed by atoms with Crippen molar-refractivity contribution in [3.63, 3.8) is 0 Å². The summed E-state index contributed by atoms with van der Waals surface area (Å²) in [7, 11) is 1.77. The minimum atomic E-state index is -0.732. The van der Waals surface area contributed by atoms with E-state index in [-0.39, 0.29) is 5.69 Å². The Hall–Kier alpha value is -1.10. The molecule has 1 aliphatic rings. The maximum Gasteiger partial charge on any atom is 0.363 e. The summed E-state index contributed by atoms with van der Waals surface area (Å²) in [6, 6.07) is 0. The Balaban J connectivity index is 2.12. The lowest BCUT2D eigenvalue weighted by Crippen LogP contribution is -2.42. The predicted octanol–water partition coefficient (Wildman–Crippen LogP) is 0.523. The molecular formula is C11H19N3O2. The standard InChI is InChI=1S/C11H19N3O2/c1-9-3-5-11(16,6-4-9)7-14-10(15)12-8-13(14)2/h8-9,16H,3-7H2,1-2H3. The van der Waals surface area contributed by atoms with Gasteiger partial charge in [-0.25, -0.2) is 9.48 Å². The van der Waals surface area contributed by atoms with E-state index in [1.165, 1.54) is 11.0 Å². The number of hydrogen-bond acceptors (Lipinski definition) is 3. The van der Waals surface area contributed by atoms with Crippen LogP contribution in [0.3, 0.4) is 0 Å². The monoisotopic (exact) mass is 225 g/mol. The lowest BCUT2D eigenvalue weighted by molar-refractivity contribution is -0.0274. The number of rotatable bonds is 2. The van der Waals surface area contributed by atoms with E-state index in [1.807, 2.05) is 0 Å². The smallest absolute Gasteiger partial charge is 0.363 e. The van der Waals surface area contributed by atoms with E-state index in [0.29, 0.717) is 12.5 Å². The Bertz CT molecular complexity index is 413. The van der Waals surface area contributed by atoms with Gasteiger partial charge < -0.3 is 5.11 Å². The van der Waals surface area contributed by atoms with Crippen molar-refractivity contribution < 1.29 is 5.11 Å². The normalized spacial score (nSPS) is 30.6. The third-order valence-corrected chi connectivity index (χ3v) is 3.59. The average Bonchev–Trinajstić information content (AvgIpc) is 2.55. The van der Waals surface area contributed by atoms with Crippen LogP contribution in [0, 0.1) is 5.92 Å². The topological polar surface area (TPSA) is 60.1 Å². The number of aliphatic hydroxyl groups is 1. The van der Waals surface area contributed by atoms with Gasteiger partial charge in [0, 0.05) is 7.05 Å². The van der Waals surface area contributed by atoms with Crippen molar-refractivity contribution in [3.8, 4) is 0 Å². The van der Waals surface area contributed by atoms with E-state index >= 15 is 0 Å². The van der Waals surface area contributed by atoms with Crippen LogP contribution in [0.1, 0.15) is 32.6 Å². The summed E-state index contributed by atoms with van der Waals surface area (Å²) < 4.78 is 3.13. The highest BCUT2D eigenvalue weighted by Gasteiger charge is 2.33. The molecule has 1 aromatic rings. The van der Waals surface area contributed by atoms with Gasteiger partial charge in [0.1, 0.15) is 6.33 Å².